The minimum Gasteiger partial charge on any atom is -0.391 e. The standard InChI is InChI=1S/C30H39N5O4S/c1-19-26(40-18-33-19)22-8-5-21(6-9-22)16-32-28(38)24-15-23(36)17-35(24)29(39)27(30(2,3)4)34-25(37)10-7-20-11-13-31-14-12-20/h5-6,8-9,18,20,23-24,27,31,36H,11-17H2,1-4H3,(H,32,38)(H,34,37)/t23-,24+,27-/m1/s1. The fourth-order valence-electron chi connectivity index (χ4n) is 5.08. The van der Waals surface area contributed by atoms with E-state index in [4.69, 9.17) is 0 Å². The summed E-state index contributed by atoms with van der Waals surface area (Å²) >= 11 is 1.59. The quantitative estimate of drug-likeness (QED) is 0.399. The number of thiazole rings is 1. The molecule has 3 atom stereocenters. The number of benzene rings is 1. The molecular weight excluding hydrogens is 526 g/mol. The SMILES string of the molecule is Cc1ncsc1-c1ccc(CNC(=O)[C@@H]2C[C@@H](O)CN2C(=O)[C@@H](NC(=O)C#CC2CCNCC2)C(C)(C)C)cc1. The van der Waals surface area contributed by atoms with Crippen LogP contribution in [0.2, 0.25) is 0 Å². The molecule has 0 spiro atoms. The number of nitrogens with zero attached hydrogens (tertiary/aromatic N) is 2. The lowest BCUT2D eigenvalue weighted by Crippen LogP contribution is -2.57. The number of aryl methyl sites for hydroxylation is 1. The molecule has 0 saturated carbocycles. The molecule has 10 heteroatoms. The van der Waals surface area contributed by atoms with Gasteiger partial charge >= 0.3 is 0 Å². The molecule has 4 rings (SSSR count). The first-order valence-electron chi connectivity index (χ1n) is 13.8. The summed E-state index contributed by atoms with van der Waals surface area (Å²) in [6.45, 7) is 9.62. The van der Waals surface area contributed by atoms with Crippen molar-refractivity contribution in [3.63, 3.8) is 0 Å². The maximum absolute atomic E-state index is 13.7. The van der Waals surface area contributed by atoms with E-state index in [9.17, 15) is 19.5 Å². The Labute approximate surface area is 240 Å². The summed E-state index contributed by atoms with van der Waals surface area (Å²) in [5, 5.41) is 19.4. The lowest BCUT2D eigenvalue weighted by atomic mass is 9.85. The lowest BCUT2D eigenvalue weighted by Gasteiger charge is -2.35. The third-order valence-corrected chi connectivity index (χ3v) is 8.39. The van der Waals surface area contributed by atoms with Crippen molar-refractivity contribution in [3.8, 4) is 22.3 Å². The van der Waals surface area contributed by atoms with Gasteiger partial charge in [0.05, 0.1) is 22.2 Å². The number of carbonyl (C=O) groups excluding carboxylic acids is 3. The van der Waals surface area contributed by atoms with E-state index in [2.05, 4.69) is 32.8 Å². The molecule has 0 radical (unpaired) electrons. The molecular formula is C30H39N5O4S. The Bertz CT molecular complexity index is 1270. The number of aliphatic hydroxyl groups excluding tert-OH is 1. The zero-order valence-corrected chi connectivity index (χ0v) is 24.4. The number of β-amino-alcohol motifs (C(OH)–C–C–N with tert-alkyl or cyclic N) is 1. The normalized spacial score (nSPS) is 20.4. The number of likely N-dealkylation sites (tertiary alicyclic amines) is 1. The van der Waals surface area contributed by atoms with Crippen LogP contribution in [-0.2, 0) is 20.9 Å². The van der Waals surface area contributed by atoms with E-state index < -0.39 is 35.4 Å². The molecule has 1 aromatic carbocycles. The minimum absolute atomic E-state index is 0.0308. The zero-order chi connectivity index (χ0) is 28.9. The fraction of sp³-hybridized carbons (Fsp3) is 0.533. The first-order valence-corrected chi connectivity index (χ1v) is 14.7. The van der Waals surface area contributed by atoms with Gasteiger partial charge in [-0.15, -0.1) is 11.3 Å². The average molecular weight is 566 g/mol. The predicted molar refractivity (Wildman–Crippen MR) is 155 cm³/mol. The number of aromatic nitrogens is 1. The number of piperidine rings is 1. The van der Waals surface area contributed by atoms with Crippen molar-refractivity contribution in [2.75, 3.05) is 19.6 Å². The van der Waals surface area contributed by atoms with Crippen molar-refractivity contribution in [2.45, 2.75) is 71.7 Å². The van der Waals surface area contributed by atoms with E-state index in [1.165, 1.54) is 4.90 Å². The average Bonchev–Trinajstić information content (AvgIpc) is 3.54. The molecule has 2 aliphatic heterocycles. The third-order valence-electron chi connectivity index (χ3n) is 7.41. The van der Waals surface area contributed by atoms with Crippen LogP contribution in [0.15, 0.2) is 29.8 Å². The van der Waals surface area contributed by atoms with Gasteiger partial charge in [0.25, 0.3) is 5.91 Å². The van der Waals surface area contributed by atoms with Gasteiger partial charge < -0.3 is 26.0 Å². The first-order chi connectivity index (χ1) is 19.0. The van der Waals surface area contributed by atoms with E-state index in [-0.39, 0.29) is 24.8 Å². The molecule has 2 aromatic rings. The topological polar surface area (TPSA) is 124 Å². The van der Waals surface area contributed by atoms with Crippen LogP contribution >= 0.6 is 11.3 Å². The van der Waals surface area contributed by atoms with Crippen LogP contribution in [0.5, 0.6) is 0 Å². The number of nitrogens with one attached hydrogen (secondary N) is 3. The second-order valence-electron chi connectivity index (χ2n) is 11.6. The summed E-state index contributed by atoms with van der Waals surface area (Å²) < 4.78 is 0. The summed E-state index contributed by atoms with van der Waals surface area (Å²) in [5.74, 6) is 4.62. The number of hydrogen-bond acceptors (Lipinski definition) is 7. The summed E-state index contributed by atoms with van der Waals surface area (Å²) in [5.41, 5.74) is 4.16. The Hall–Kier alpha value is -3.26. The molecule has 9 nitrogen and oxygen atoms in total. The van der Waals surface area contributed by atoms with Gasteiger partial charge in [0, 0.05) is 25.4 Å². The molecule has 0 aliphatic carbocycles. The van der Waals surface area contributed by atoms with Crippen molar-refractivity contribution < 1.29 is 19.5 Å². The largest absolute Gasteiger partial charge is 0.391 e. The smallest absolute Gasteiger partial charge is 0.296 e. The number of aliphatic hydroxyl groups is 1. The van der Waals surface area contributed by atoms with Crippen LogP contribution < -0.4 is 16.0 Å². The minimum atomic E-state index is -0.898. The van der Waals surface area contributed by atoms with Crippen LogP contribution in [0.4, 0.5) is 0 Å². The van der Waals surface area contributed by atoms with Crippen LogP contribution in [-0.4, -0.2) is 70.5 Å². The maximum Gasteiger partial charge on any atom is 0.296 e. The molecule has 3 heterocycles. The Morgan fingerprint density at radius 3 is 2.52 bits per heavy atom. The number of carbonyl (C=O) groups is 3. The van der Waals surface area contributed by atoms with Crippen LogP contribution in [0.3, 0.4) is 0 Å². The van der Waals surface area contributed by atoms with Crippen molar-refractivity contribution >= 4 is 29.1 Å². The summed E-state index contributed by atoms with van der Waals surface area (Å²) in [7, 11) is 0. The first kappa shape index (κ1) is 29.7. The molecule has 0 unspecified atom stereocenters. The Balaban J connectivity index is 1.39. The van der Waals surface area contributed by atoms with E-state index in [1.807, 2.05) is 57.5 Å². The highest BCUT2D eigenvalue weighted by Gasteiger charge is 2.44. The molecule has 40 heavy (non-hydrogen) atoms. The summed E-state index contributed by atoms with van der Waals surface area (Å²) in [4.78, 5) is 46.4. The van der Waals surface area contributed by atoms with Gasteiger partial charge in [-0.1, -0.05) is 51.0 Å². The highest BCUT2D eigenvalue weighted by Crippen LogP contribution is 2.28. The highest BCUT2D eigenvalue weighted by molar-refractivity contribution is 7.13. The second kappa shape index (κ2) is 12.9. The maximum atomic E-state index is 13.7. The lowest BCUT2D eigenvalue weighted by molar-refractivity contribution is -0.143. The van der Waals surface area contributed by atoms with Gasteiger partial charge in [-0.2, -0.15) is 0 Å². The van der Waals surface area contributed by atoms with E-state index in [0.717, 1.165) is 47.6 Å². The van der Waals surface area contributed by atoms with Crippen LogP contribution in [0.1, 0.15) is 51.3 Å². The van der Waals surface area contributed by atoms with Gasteiger partial charge in [0.1, 0.15) is 12.1 Å². The fourth-order valence-corrected chi connectivity index (χ4v) is 5.89. The van der Waals surface area contributed by atoms with Gasteiger partial charge in [-0.3, -0.25) is 14.4 Å². The Morgan fingerprint density at radius 1 is 1.20 bits per heavy atom. The van der Waals surface area contributed by atoms with E-state index in [1.54, 1.807) is 11.3 Å². The van der Waals surface area contributed by atoms with Crippen molar-refractivity contribution in [1.82, 2.24) is 25.8 Å². The Morgan fingerprint density at radius 2 is 1.90 bits per heavy atom. The van der Waals surface area contributed by atoms with Crippen molar-refractivity contribution in [1.29, 1.82) is 0 Å². The molecule has 0 bridgehead atoms. The van der Waals surface area contributed by atoms with Crippen molar-refractivity contribution in [2.24, 2.45) is 11.3 Å². The molecule has 3 amide bonds. The summed E-state index contributed by atoms with van der Waals surface area (Å²) in [6, 6.07) is 6.19. The van der Waals surface area contributed by atoms with E-state index in [0.29, 0.717) is 6.54 Å². The van der Waals surface area contributed by atoms with E-state index >= 15 is 0 Å². The molecule has 2 aliphatic rings. The molecule has 4 N–H and O–H groups in total. The number of rotatable bonds is 6. The monoisotopic (exact) mass is 565 g/mol. The van der Waals surface area contributed by atoms with Gasteiger partial charge in [-0.05, 0) is 55.3 Å². The highest BCUT2D eigenvalue weighted by atomic mass is 32.1. The van der Waals surface area contributed by atoms with Crippen LogP contribution in [0.25, 0.3) is 10.4 Å². The van der Waals surface area contributed by atoms with Crippen molar-refractivity contribution in [3.05, 3.63) is 41.0 Å². The summed E-state index contributed by atoms with van der Waals surface area (Å²) in [6.07, 6.45) is 1.10. The van der Waals surface area contributed by atoms with Gasteiger partial charge in [0.2, 0.25) is 11.8 Å². The predicted octanol–water partition coefficient (Wildman–Crippen LogP) is 2.23. The zero-order valence-electron chi connectivity index (χ0n) is 23.6. The van der Waals surface area contributed by atoms with Crippen LogP contribution in [0, 0.1) is 30.1 Å². The number of hydrogen-bond donors (Lipinski definition) is 4. The van der Waals surface area contributed by atoms with Gasteiger partial charge in [-0.25, -0.2) is 4.98 Å². The van der Waals surface area contributed by atoms with Gasteiger partial charge in [0.15, 0.2) is 0 Å². The third kappa shape index (κ3) is 7.47. The molecule has 2 fully saturated rings. The molecule has 2 saturated heterocycles. The second-order valence-corrected chi connectivity index (χ2v) is 12.5. The number of amides is 3. The molecule has 1 aromatic heterocycles. The molecule has 214 valence electrons. The Kier molecular flexibility index (Phi) is 9.61.